The Labute approximate surface area is 80.2 Å². The van der Waals surface area contributed by atoms with Crippen LogP contribution in [0.2, 0.25) is 0 Å². The third-order valence-electron chi connectivity index (χ3n) is 1.50. The Morgan fingerprint density at radius 1 is 1.17 bits per heavy atom. The van der Waals surface area contributed by atoms with Gasteiger partial charge in [-0.2, -0.15) is 0 Å². The molecule has 1 aromatic rings. The van der Waals surface area contributed by atoms with Crippen molar-refractivity contribution >= 4 is 31.9 Å². The van der Waals surface area contributed by atoms with Gasteiger partial charge in [0.2, 0.25) is 0 Å². The van der Waals surface area contributed by atoms with Gasteiger partial charge in [-0.15, -0.1) is 12.4 Å². The summed E-state index contributed by atoms with van der Waals surface area (Å²) < 4.78 is 10.4. The number of hydrogen-bond donors (Lipinski definition) is 0. The molecule has 4 heteroatoms. The Bertz CT molecular complexity index is 248. The Morgan fingerprint density at radius 3 is 2.00 bits per heavy atom. The first kappa shape index (κ1) is 11.4. The average Bonchev–Trinajstić information content (AvgIpc) is 2.05. The molecule has 0 spiro atoms. The monoisotopic (exact) mass is 204 g/mol. The fourth-order valence-corrected chi connectivity index (χ4v) is 1.13. The Morgan fingerprint density at radius 2 is 1.67 bits per heavy atom. The van der Waals surface area contributed by atoms with E-state index in [1.165, 1.54) is 0 Å². The molecule has 0 fully saturated rings. The van der Waals surface area contributed by atoms with E-state index >= 15 is 0 Å². The van der Waals surface area contributed by atoms with E-state index in [-0.39, 0.29) is 20.9 Å². The van der Waals surface area contributed by atoms with Gasteiger partial charge < -0.3 is 4.90 Å². The number of benzene rings is 1. The maximum Gasteiger partial charge on any atom is 0.363 e. The summed E-state index contributed by atoms with van der Waals surface area (Å²) in [6.45, 7) is 0. The number of rotatable bonds is 2. The molecule has 2 nitrogen and oxygen atoms in total. The summed E-state index contributed by atoms with van der Waals surface area (Å²) in [5.74, 6) is 0. The highest BCUT2D eigenvalue weighted by Gasteiger charge is 1.99. The zero-order valence-corrected chi connectivity index (χ0v) is 8.89. The van der Waals surface area contributed by atoms with Crippen LogP contribution in [-0.4, -0.2) is 14.1 Å². The summed E-state index contributed by atoms with van der Waals surface area (Å²) in [5, 5.41) is 0.871. The van der Waals surface area contributed by atoms with E-state index in [9.17, 15) is 4.57 Å². The van der Waals surface area contributed by atoms with Crippen molar-refractivity contribution in [3.05, 3.63) is 24.3 Å². The van der Waals surface area contributed by atoms with Crippen LogP contribution in [0.5, 0.6) is 0 Å². The van der Waals surface area contributed by atoms with E-state index in [0.717, 1.165) is 11.0 Å². The lowest BCUT2D eigenvalue weighted by atomic mass is 10.3. The second-order valence-corrected chi connectivity index (χ2v) is 3.32. The third kappa shape index (κ3) is 2.80. The lowest BCUT2D eigenvalue weighted by Gasteiger charge is -2.10. The standard InChI is InChI=1S/C8H10NOP.ClH/c1-9(2)7-3-5-8(11-10)6-4-7;/h3-6H,1-2H3;1H/p+1. The first-order valence-corrected chi connectivity index (χ1v) is 4.30. The first-order valence-electron chi connectivity index (χ1n) is 3.39. The van der Waals surface area contributed by atoms with Gasteiger partial charge in [0, 0.05) is 19.8 Å². The lowest BCUT2D eigenvalue weighted by Crippen LogP contribution is -2.08. The van der Waals surface area contributed by atoms with E-state index in [1.807, 2.05) is 43.3 Å². The van der Waals surface area contributed by atoms with Gasteiger partial charge >= 0.3 is 8.46 Å². The van der Waals surface area contributed by atoms with Crippen molar-refractivity contribution in [3.63, 3.8) is 0 Å². The van der Waals surface area contributed by atoms with Crippen LogP contribution in [0.4, 0.5) is 5.69 Å². The van der Waals surface area contributed by atoms with E-state index in [2.05, 4.69) is 0 Å². The minimum atomic E-state index is -0.349. The molecule has 0 aromatic heterocycles. The summed E-state index contributed by atoms with van der Waals surface area (Å²) in [5.41, 5.74) is 1.13. The predicted octanol–water partition coefficient (Wildman–Crippen LogP) is 1.82. The normalized spacial score (nSPS) is 9.17. The Balaban J connectivity index is 0.00000121. The SMILES string of the molecule is CN(C)c1ccc([PH+]=O)cc1.Cl. The van der Waals surface area contributed by atoms with Gasteiger partial charge in [0.15, 0.2) is 5.30 Å². The predicted molar refractivity (Wildman–Crippen MR) is 56.7 cm³/mol. The molecule has 0 aliphatic heterocycles. The maximum absolute atomic E-state index is 10.4. The van der Waals surface area contributed by atoms with E-state index < -0.39 is 0 Å². The van der Waals surface area contributed by atoms with Gasteiger partial charge in [0.25, 0.3) is 0 Å². The molecule has 1 unspecified atom stereocenters. The van der Waals surface area contributed by atoms with E-state index in [0.29, 0.717) is 0 Å². The summed E-state index contributed by atoms with van der Waals surface area (Å²) in [6, 6.07) is 7.67. The average molecular weight is 205 g/mol. The maximum atomic E-state index is 10.4. The van der Waals surface area contributed by atoms with Gasteiger partial charge in [-0.05, 0) is 24.3 Å². The fourth-order valence-electron chi connectivity index (χ4n) is 0.828. The molecule has 1 aromatic carbocycles. The van der Waals surface area contributed by atoms with Gasteiger partial charge in [-0.25, -0.2) is 0 Å². The quantitative estimate of drug-likeness (QED) is 0.685. The Kier molecular flexibility index (Phi) is 4.87. The van der Waals surface area contributed by atoms with Gasteiger partial charge in [-0.1, -0.05) is 4.57 Å². The van der Waals surface area contributed by atoms with Gasteiger partial charge in [-0.3, -0.25) is 0 Å². The highest BCUT2D eigenvalue weighted by Crippen LogP contribution is 2.09. The number of nitrogens with zero attached hydrogens (tertiary/aromatic N) is 1. The molecule has 66 valence electrons. The molecule has 0 heterocycles. The molecule has 1 atom stereocenters. The molecule has 0 bridgehead atoms. The van der Waals surface area contributed by atoms with Crippen LogP contribution in [0.15, 0.2) is 24.3 Å². The molecule has 0 amide bonds. The van der Waals surface area contributed by atoms with Gasteiger partial charge in [0.1, 0.15) is 0 Å². The highest BCUT2D eigenvalue weighted by molar-refractivity contribution is 7.34. The van der Waals surface area contributed by atoms with Crippen molar-refractivity contribution in [1.82, 2.24) is 0 Å². The fraction of sp³-hybridized carbons (Fsp3) is 0.250. The molecule has 1 rings (SSSR count). The van der Waals surface area contributed by atoms with Crippen LogP contribution < -0.4 is 10.2 Å². The number of anilines is 1. The van der Waals surface area contributed by atoms with E-state index in [1.54, 1.807) is 0 Å². The molecule has 0 saturated heterocycles. The topological polar surface area (TPSA) is 20.3 Å². The zero-order valence-electron chi connectivity index (χ0n) is 7.07. The minimum Gasteiger partial charge on any atom is -0.378 e. The van der Waals surface area contributed by atoms with Crippen LogP contribution in [0, 0.1) is 0 Å². The Hall–Kier alpha value is -0.590. The van der Waals surface area contributed by atoms with Crippen LogP contribution in [0.25, 0.3) is 0 Å². The van der Waals surface area contributed by atoms with Crippen molar-refractivity contribution in [2.75, 3.05) is 19.0 Å². The van der Waals surface area contributed by atoms with Crippen molar-refractivity contribution in [2.24, 2.45) is 0 Å². The first-order chi connectivity index (χ1) is 5.24. The van der Waals surface area contributed by atoms with Crippen molar-refractivity contribution in [3.8, 4) is 0 Å². The molecule has 0 saturated carbocycles. The summed E-state index contributed by atoms with van der Waals surface area (Å²) >= 11 is 0. The molecule has 12 heavy (non-hydrogen) atoms. The molecule has 0 N–H and O–H groups in total. The third-order valence-corrected chi connectivity index (χ3v) is 2.07. The minimum absolute atomic E-state index is 0. The molecular formula is C8H12ClNOP+. The summed E-state index contributed by atoms with van der Waals surface area (Å²) in [7, 11) is 3.61. The highest BCUT2D eigenvalue weighted by atomic mass is 35.5. The summed E-state index contributed by atoms with van der Waals surface area (Å²) in [4.78, 5) is 2.01. The van der Waals surface area contributed by atoms with Crippen molar-refractivity contribution in [1.29, 1.82) is 0 Å². The van der Waals surface area contributed by atoms with Crippen molar-refractivity contribution < 1.29 is 4.57 Å². The molecule has 0 aliphatic carbocycles. The smallest absolute Gasteiger partial charge is 0.363 e. The molecule has 0 radical (unpaired) electrons. The van der Waals surface area contributed by atoms with Crippen LogP contribution in [0.1, 0.15) is 0 Å². The molecule has 0 aliphatic rings. The lowest BCUT2D eigenvalue weighted by molar-refractivity contribution is 0.603. The summed E-state index contributed by atoms with van der Waals surface area (Å²) in [6.07, 6.45) is 0. The largest absolute Gasteiger partial charge is 0.378 e. The van der Waals surface area contributed by atoms with Crippen LogP contribution >= 0.6 is 20.9 Å². The number of halogens is 1. The van der Waals surface area contributed by atoms with Crippen molar-refractivity contribution in [2.45, 2.75) is 0 Å². The second-order valence-electron chi connectivity index (χ2n) is 2.54. The molecular weight excluding hydrogens is 193 g/mol. The van der Waals surface area contributed by atoms with Crippen LogP contribution in [0.3, 0.4) is 0 Å². The zero-order chi connectivity index (χ0) is 8.27. The second kappa shape index (κ2) is 5.13. The number of hydrogen-bond acceptors (Lipinski definition) is 2. The van der Waals surface area contributed by atoms with Gasteiger partial charge in [0.05, 0.1) is 0 Å². The van der Waals surface area contributed by atoms with Crippen LogP contribution in [-0.2, 0) is 4.57 Å². The van der Waals surface area contributed by atoms with E-state index in [4.69, 9.17) is 0 Å².